The first-order valence-corrected chi connectivity index (χ1v) is 8.37. The molecule has 2 aliphatic heterocycles. The normalized spacial score (nSPS) is 19.7. The summed E-state index contributed by atoms with van der Waals surface area (Å²) in [5.74, 6) is -0.0301. The highest BCUT2D eigenvalue weighted by atomic mass is 16.5. The van der Waals surface area contributed by atoms with Gasteiger partial charge in [-0.25, -0.2) is 4.98 Å². The van der Waals surface area contributed by atoms with Gasteiger partial charge < -0.3 is 19.1 Å². The molecule has 0 saturated carbocycles. The summed E-state index contributed by atoms with van der Waals surface area (Å²) < 4.78 is 7.35. The topological polar surface area (TPSA) is 70.3 Å². The molecule has 128 valence electrons. The number of amides is 1. The number of carbonyl (C=O) groups excluding carboxylic acids is 1. The number of rotatable bonds is 3. The fourth-order valence-corrected chi connectivity index (χ4v) is 3.37. The molecule has 1 amide bonds. The first-order chi connectivity index (χ1) is 11.6. The number of aromatic nitrogens is 2. The number of ether oxygens (including phenoxy) is 1. The Morgan fingerprint density at radius 3 is 2.83 bits per heavy atom. The van der Waals surface area contributed by atoms with E-state index in [1.165, 1.54) is 0 Å². The average molecular weight is 330 g/mol. The molecule has 7 nitrogen and oxygen atoms in total. The number of β-amino-alcohol motifs (C(OH)–C–C–N with tert-alkyl or cyclic N) is 1. The van der Waals surface area contributed by atoms with Gasteiger partial charge in [0.05, 0.1) is 25.0 Å². The van der Waals surface area contributed by atoms with Crippen LogP contribution in [0, 0.1) is 6.92 Å². The van der Waals surface area contributed by atoms with Crippen molar-refractivity contribution >= 4 is 11.6 Å². The van der Waals surface area contributed by atoms with Crippen LogP contribution in [-0.2, 0) is 11.3 Å². The minimum Gasteiger partial charge on any atom is -0.390 e. The molecule has 2 saturated heterocycles. The summed E-state index contributed by atoms with van der Waals surface area (Å²) >= 11 is 0. The predicted molar refractivity (Wildman–Crippen MR) is 87.9 cm³/mol. The maximum Gasteiger partial charge on any atom is 0.274 e. The predicted octanol–water partition coefficient (Wildman–Crippen LogP) is 0.292. The molecule has 4 heterocycles. The number of carbonyl (C=O) groups is 1. The lowest BCUT2D eigenvalue weighted by atomic mass is 10.1. The second-order valence-electron chi connectivity index (χ2n) is 6.54. The van der Waals surface area contributed by atoms with Crippen molar-refractivity contribution in [1.29, 1.82) is 0 Å². The van der Waals surface area contributed by atoms with Gasteiger partial charge in [-0.2, -0.15) is 0 Å². The van der Waals surface area contributed by atoms with E-state index in [1.807, 2.05) is 34.6 Å². The number of pyridine rings is 1. The Bertz CT molecular complexity index is 761. The maximum atomic E-state index is 13.0. The third-order valence-electron chi connectivity index (χ3n) is 4.76. The zero-order valence-corrected chi connectivity index (χ0v) is 13.8. The van der Waals surface area contributed by atoms with Crippen LogP contribution in [0.25, 0.3) is 5.65 Å². The number of aliphatic hydroxyl groups excluding tert-OH is 1. The molecule has 2 aliphatic rings. The SMILES string of the molecule is Cc1cccn2c(CN3CC(O)C3)c(C(=O)N3CCOCC3)nc12. The van der Waals surface area contributed by atoms with Crippen LogP contribution in [0.1, 0.15) is 21.7 Å². The third kappa shape index (κ3) is 2.68. The highest BCUT2D eigenvalue weighted by molar-refractivity contribution is 5.94. The van der Waals surface area contributed by atoms with Crippen LogP contribution >= 0.6 is 0 Å². The van der Waals surface area contributed by atoms with Crippen molar-refractivity contribution in [2.45, 2.75) is 19.6 Å². The van der Waals surface area contributed by atoms with Crippen molar-refractivity contribution in [2.75, 3.05) is 39.4 Å². The molecule has 0 atom stereocenters. The summed E-state index contributed by atoms with van der Waals surface area (Å²) in [4.78, 5) is 21.6. The molecule has 2 fully saturated rings. The number of fused-ring (bicyclic) bond motifs is 1. The van der Waals surface area contributed by atoms with Crippen molar-refractivity contribution < 1.29 is 14.6 Å². The number of hydrogen-bond donors (Lipinski definition) is 1. The summed E-state index contributed by atoms with van der Waals surface area (Å²) in [5.41, 5.74) is 3.29. The van der Waals surface area contributed by atoms with Crippen molar-refractivity contribution in [3.05, 3.63) is 35.3 Å². The van der Waals surface area contributed by atoms with Gasteiger partial charge in [0, 0.05) is 38.9 Å². The molecular weight excluding hydrogens is 308 g/mol. The van der Waals surface area contributed by atoms with Crippen molar-refractivity contribution in [2.24, 2.45) is 0 Å². The number of morpholine rings is 1. The monoisotopic (exact) mass is 330 g/mol. The molecule has 0 bridgehead atoms. The van der Waals surface area contributed by atoms with Crippen LogP contribution in [0.3, 0.4) is 0 Å². The number of likely N-dealkylation sites (tertiary alicyclic amines) is 1. The second kappa shape index (κ2) is 6.16. The van der Waals surface area contributed by atoms with E-state index < -0.39 is 0 Å². The van der Waals surface area contributed by atoms with E-state index >= 15 is 0 Å². The largest absolute Gasteiger partial charge is 0.390 e. The number of hydrogen-bond acceptors (Lipinski definition) is 5. The minimum atomic E-state index is -0.260. The van der Waals surface area contributed by atoms with E-state index in [2.05, 4.69) is 9.88 Å². The van der Waals surface area contributed by atoms with Gasteiger partial charge >= 0.3 is 0 Å². The average Bonchev–Trinajstić information content (AvgIpc) is 2.94. The van der Waals surface area contributed by atoms with Gasteiger partial charge in [-0.15, -0.1) is 0 Å². The molecular formula is C17H22N4O3. The van der Waals surface area contributed by atoms with Crippen LogP contribution < -0.4 is 0 Å². The Morgan fingerprint density at radius 1 is 1.38 bits per heavy atom. The standard InChI is InChI=1S/C17H22N4O3/c1-12-3-2-4-21-14(11-19-9-13(22)10-19)15(18-16(12)21)17(23)20-5-7-24-8-6-20/h2-4,13,22H,5-11H2,1H3. The van der Waals surface area contributed by atoms with Gasteiger partial charge in [-0.1, -0.05) is 6.07 Å². The second-order valence-corrected chi connectivity index (χ2v) is 6.54. The summed E-state index contributed by atoms with van der Waals surface area (Å²) in [7, 11) is 0. The molecule has 1 N–H and O–H groups in total. The van der Waals surface area contributed by atoms with E-state index in [0.717, 1.165) is 16.9 Å². The molecule has 2 aromatic rings. The van der Waals surface area contributed by atoms with E-state index in [1.54, 1.807) is 0 Å². The summed E-state index contributed by atoms with van der Waals surface area (Å²) in [6.07, 6.45) is 1.70. The lowest BCUT2D eigenvalue weighted by molar-refractivity contribution is -0.00396. The van der Waals surface area contributed by atoms with Crippen molar-refractivity contribution in [1.82, 2.24) is 19.2 Å². The first kappa shape index (κ1) is 15.6. The van der Waals surface area contributed by atoms with Crippen molar-refractivity contribution in [3.63, 3.8) is 0 Å². The molecule has 0 unspecified atom stereocenters. The van der Waals surface area contributed by atoms with Crippen molar-refractivity contribution in [3.8, 4) is 0 Å². The Balaban J connectivity index is 1.72. The lowest BCUT2D eigenvalue weighted by Gasteiger charge is -2.35. The Labute approximate surface area is 140 Å². The molecule has 0 spiro atoms. The van der Waals surface area contributed by atoms with Gasteiger partial charge in [0.2, 0.25) is 0 Å². The number of imidazole rings is 1. The van der Waals surface area contributed by atoms with Crippen LogP contribution in [0.4, 0.5) is 0 Å². The first-order valence-electron chi connectivity index (χ1n) is 8.37. The third-order valence-corrected chi connectivity index (χ3v) is 4.76. The Kier molecular flexibility index (Phi) is 3.99. The van der Waals surface area contributed by atoms with E-state index in [-0.39, 0.29) is 12.0 Å². The Morgan fingerprint density at radius 2 is 2.12 bits per heavy atom. The van der Waals surface area contributed by atoms with Crippen LogP contribution in [0.5, 0.6) is 0 Å². The summed E-state index contributed by atoms with van der Waals surface area (Å²) in [6.45, 7) is 6.27. The van der Waals surface area contributed by atoms with Gasteiger partial charge in [-0.05, 0) is 18.6 Å². The smallest absolute Gasteiger partial charge is 0.274 e. The molecule has 4 rings (SSSR count). The van der Waals surface area contributed by atoms with Gasteiger partial charge in [0.25, 0.3) is 5.91 Å². The zero-order chi connectivity index (χ0) is 16.7. The molecule has 0 aliphatic carbocycles. The van der Waals surface area contributed by atoms with Crippen LogP contribution in [0.2, 0.25) is 0 Å². The molecule has 24 heavy (non-hydrogen) atoms. The number of nitrogens with zero attached hydrogens (tertiary/aromatic N) is 4. The highest BCUT2D eigenvalue weighted by Crippen LogP contribution is 2.22. The lowest BCUT2D eigenvalue weighted by Crippen LogP contribution is -2.50. The number of aryl methyl sites for hydroxylation is 1. The zero-order valence-electron chi connectivity index (χ0n) is 13.8. The highest BCUT2D eigenvalue weighted by Gasteiger charge is 2.30. The Hall–Kier alpha value is -1.96. The minimum absolute atomic E-state index is 0.0301. The van der Waals surface area contributed by atoms with Crippen LogP contribution in [0.15, 0.2) is 18.3 Å². The summed E-state index contributed by atoms with van der Waals surface area (Å²) in [5, 5.41) is 9.53. The molecule has 7 heteroatoms. The van der Waals surface area contributed by atoms with E-state index in [4.69, 9.17) is 4.74 Å². The molecule has 0 radical (unpaired) electrons. The van der Waals surface area contributed by atoms with Gasteiger partial charge in [-0.3, -0.25) is 9.69 Å². The summed E-state index contributed by atoms with van der Waals surface area (Å²) in [6, 6.07) is 3.98. The van der Waals surface area contributed by atoms with E-state index in [0.29, 0.717) is 51.6 Å². The van der Waals surface area contributed by atoms with Crippen LogP contribution in [-0.4, -0.2) is 75.7 Å². The fourth-order valence-electron chi connectivity index (χ4n) is 3.37. The quantitative estimate of drug-likeness (QED) is 0.876. The molecule has 2 aromatic heterocycles. The maximum absolute atomic E-state index is 13.0. The van der Waals surface area contributed by atoms with Gasteiger partial charge in [0.15, 0.2) is 5.69 Å². The number of aliphatic hydroxyl groups is 1. The van der Waals surface area contributed by atoms with E-state index in [9.17, 15) is 9.90 Å². The van der Waals surface area contributed by atoms with Gasteiger partial charge in [0.1, 0.15) is 5.65 Å². The molecule has 0 aromatic carbocycles. The fraction of sp³-hybridized carbons (Fsp3) is 0.529.